The number of halogens is 1. The molecular formula is C22H26FN5O2. The van der Waals surface area contributed by atoms with E-state index in [2.05, 4.69) is 22.1 Å². The number of pyridine rings is 1. The van der Waals surface area contributed by atoms with Gasteiger partial charge in [0.1, 0.15) is 12.4 Å². The Labute approximate surface area is 174 Å². The van der Waals surface area contributed by atoms with Crippen molar-refractivity contribution in [1.82, 2.24) is 24.3 Å². The van der Waals surface area contributed by atoms with Crippen LogP contribution >= 0.6 is 0 Å². The number of hydrogen-bond donors (Lipinski definition) is 1. The molecule has 0 spiro atoms. The predicted molar refractivity (Wildman–Crippen MR) is 113 cm³/mol. The van der Waals surface area contributed by atoms with E-state index in [9.17, 15) is 14.0 Å². The number of likely N-dealkylation sites (tertiary alicyclic amines) is 1. The molecule has 7 nitrogen and oxygen atoms in total. The molecule has 1 atom stereocenters. The van der Waals surface area contributed by atoms with Gasteiger partial charge in [0.2, 0.25) is 5.91 Å². The van der Waals surface area contributed by atoms with E-state index in [1.54, 1.807) is 18.3 Å². The SMILES string of the molecule is C[C@@H]1CCCCN1CCNC(=O)Cn1c(=O)n(-c2ccc(F)cc2)c2ncccc21. The molecule has 1 aliphatic rings. The molecule has 0 bridgehead atoms. The fourth-order valence-electron chi connectivity index (χ4n) is 4.09. The van der Waals surface area contributed by atoms with Crippen molar-refractivity contribution in [3.63, 3.8) is 0 Å². The molecule has 8 heteroatoms. The van der Waals surface area contributed by atoms with Crippen molar-refractivity contribution >= 4 is 17.1 Å². The highest BCUT2D eigenvalue weighted by atomic mass is 19.1. The standard InChI is InChI=1S/C22H26FN5O2/c1-16-5-2-3-13-26(16)14-12-24-20(29)15-27-19-6-4-11-25-21(19)28(22(27)30)18-9-7-17(23)8-10-18/h4,6-11,16H,2-3,5,12-15H2,1H3,(H,24,29)/t16-/m1/s1. The van der Waals surface area contributed by atoms with Gasteiger partial charge in [-0.05, 0) is 62.7 Å². The zero-order chi connectivity index (χ0) is 21.1. The van der Waals surface area contributed by atoms with Gasteiger partial charge in [-0.25, -0.2) is 18.7 Å². The third kappa shape index (κ3) is 4.14. The molecule has 0 aliphatic carbocycles. The van der Waals surface area contributed by atoms with E-state index in [0.717, 1.165) is 13.1 Å². The molecule has 0 saturated carbocycles. The molecule has 158 valence electrons. The topological polar surface area (TPSA) is 72.2 Å². The van der Waals surface area contributed by atoms with Crippen LogP contribution in [0, 0.1) is 5.82 Å². The van der Waals surface area contributed by atoms with Gasteiger partial charge in [-0.1, -0.05) is 6.42 Å². The molecule has 0 unspecified atom stereocenters. The lowest BCUT2D eigenvalue weighted by atomic mass is 10.0. The van der Waals surface area contributed by atoms with E-state index in [1.165, 1.54) is 52.7 Å². The highest BCUT2D eigenvalue weighted by Gasteiger charge is 2.19. The second-order valence-corrected chi connectivity index (χ2v) is 7.76. The minimum atomic E-state index is -0.383. The Balaban J connectivity index is 1.51. The zero-order valence-electron chi connectivity index (χ0n) is 17.1. The number of piperidine rings is 1. The molecule has 3 heterocycles. The molecule has 3 aromatic rings. The Hall–Kier alpha value is -3.00. The maximum atomic E-state index is 13.3. The van der Waals surface area contributed by atoms with Crippen molar-refractivity contribution < 1.29 is 9.18 Å². The molecule has 1 fully saturated rings. The molecule has 1 aromatic carbocycles. The van der Waals surface area contributed by atoms with Crippen LogP contribution < -0.4 is 11.0 Å². The normalized spacial score (nSPS) is 17.3. The molecule has 30 heavy (non-hydrogen) atoms. The molecule has 1 N–H and O–H groups in total. The summed E-state index contributed by atoms with van der Waals surface area (Å²) in [5, 5.41) is 2.93. The average molecular weight is 411 g/mol. The molecule has 1 saturated heterocycles. The van der Waals surface area contributed by atoms with Crippen molar-refractivity contribution in [2.75, 3.05) is 19.6 Å². The number of rotatable bonds is 6. The quantitative estimate of drug-likeness (QED) is 0.676. The van der Waals surface area contributed by atoms with Gasteiger partial charge in [0.25, 0.3) is 0 Å². The fraction of sp³-hybridized carbons (Fsp3) is 0.409. The predicted octanol–water partition coefficient (Wildman–Crippen LogP) is 2.32. The Bertz CT molecular complexity index is 1090. The number of nitrogens with zero attached hydrogens (tertiary/aromatic N) is 4. The summed E-state index contributed by atoms with van der Waals surface area (Å²) in [6, 6.07) is 9.65. The largest absolute Gasteiger partial charge is 0.353 e. The summed E-state index contributed by atoms with van der Waals surface area (Å²) in [5.74, 6) is -0.602. The molecule has 1 amide bonds. The molecular weight excluding hydrogens is 385 g/mol. The molecule has 0 radical (unpaired) electrons. The first-order valence-electron chi connectivity index (χ1n) is 10.4. The zero-order valence-corrected chi connectivity index (χ0v) is 17.1. The summed E-state index contributed by atoms with van der Waals surface area (Å²) >= 11 is 0. The van der Waals surface area contributed by atoms with E-state index in [-0.39, 0.29) is 24.0 Å². The average Bonchev–Trinajstić information content (AvgIpc) is 3.02. The minimum Gasteiger partial charge on any atom is -0.353 e. The number of aromatic nitrogens is 3. The van der Waals surface area contributed by atoms with Crippen LogP contribution in [0.4, 0.5) is 4.39 Å². The van der Waals surface area contributed by atoms with Crippen molar-refractivity contribution in [2.24, 2.45) is 0 Å². The van der Waals surface area contributed by atoms with Crippen molar-refractivity contribution in [3.05, 3.63) is 58.9 Å². The van der Waals surface area contributed by atoms with Crippen LogP contribution in [0.25, 0.3) is 16.9 Å². The molecule has 1 aliphatic heterocycles. The van der Waals surface area contributed by atoms with E-state index in [1.807, 2.05) is 0 Å². The molecule has 4 rings (SSSR count). The number of imidazole rings is 1. The first-order valence-corrected chi connectivity index (χ1v) is 10.4. The number of benzene rings is 1. The van der Waals surface area contributed by atoms with Crippen LogP contribution in [-0.2, 0) is 11.3 Å². The summed E-state index contributed by atoms with van der Waals surface area (Å²) in [4.78, 5) is 32.3. The van der Waals surface area contributed by atoms with Crippen LogP contribution in [0.5, 0.6) is 0 Å². The fourth-order valence-corrected chi connectivity index (χ4v) is 4.09. The number of amides is 1. The first-order chi connectivity index (χ1) is 14.5. The van der Waals surface area contributed by atoms with E-state index < -0.39 is 0 Å². The number of carbonyl (C=O) groups is 1. The van der Waals surface area contributed by atoms with Gasteiger partial charge in [0, 0.05) is 25.3 Å². The minimum absolute atomic E-state index is 0.0925. The Morgan fingerprint density at radius 3 is 2.80 bits per heavy atom. The summed E-state index contributed by atoms with van der Waals surface area (Å²) < 4.78 is 16.1. The summed E-state index contributed by atoms with van der Waals surface area (Å²) in [6.45, 7) is 4.55. The maximum absolute atomic E-state index is 13.3. The van der Waals surface area contributed by atoms with Gasteiger partial charge in [0.05, 0.1) is 11.2 Å². The van der Waals surface area contributed by atoms with Crippen LogP contribution in [0.1, 0.15) is 26.2 Å². The first kappa shape index (κ1) is 20.3. The second kappa shape index (κ2) is 8.79. The van der Waals surface area contributed by atoms with Gasteiger partial charge in [-0.3, -0.25) is 14.3 Å². The highest BCUT2D eigenvalue weighted by molar-refractivity contribution is 5.80. The summed E-state index contributed by atoms with van der Waals surface area (Å²) in [5.41, 5.74) is 1.12. The lowest BCUT2D eigenvalue weighted by Crippen LogP contribution is -2.43. The number of nitrogens with one attached hydrogen (secondary N) is 1. The van der Waals surface area contributed by atoms with Crippen molar-refractivity contribution in [1.29, 1.82) is 0 Å². The van der Waals surface area contributed by atoms with Gasteiger partial charge in [-0.2, -0.15) is 0 Å². The summed E-state index contributed by atoms with van der Waals surface area (Å²) in [6.07, 6.45) is 5.24. The lowest BCUT2D eigenvalue weighted by Gasteiger charge is -2.33. The smallest absolute Gasteiger partial charge is 0.335 e. The number of carbonyl (C=O) groups excluding carboxylic acids is 1. The number of hydrogen-bond acceptors (Lipinski definition) is 4. The van der Waals surface area contributed by atoms with Gasteiger partial charge in [0.15, 0.2) is 5.65 Å². The number of fused-ring (bicyclic) bond motifs is 1. The Morgan fingerprint density at radius 1 is 1.23 bits per heavy atom. The van der Waals surface area contributed by atoms with Gasteiger partial charge in [-0.15, -0.1) is 0 Å². The second-order valence-electron chi connectivity index (χ2n) is 7.76. The lowest BCUT2D eigenvalue weighted by molar-refractivity contribution is -0.121. The Kier molecular flexibility index (Phi) is 5.94. The highest BCUT2D eigenvalue weighted by Crippen LogP contribution is 2.17. The van der Waals surface area contributed by atoms with Crippen LogP contribution in [0.2, 0.25) is 0 Å². The third-order valence-corrected chi connectivity index (χ3v) is 5.74. The van der Waals surface area contributed by atoms with Crippen molar-refractivity contribution in [3.8, 4) is 5.69 Å². The third-order valence-electron chi connectivity index (χ3n) is 5.74. The Morgan fingerprint density at radius 2 is 2.03 bits per heavy atom. The van der Waals surface area contributed by atoms with E-state index >= 15 is 0 Å². The maximum Gasteiger partial charge on any atom is 0.335 e. The van der Waals surface area contributed by atoms with Crippen LogP contribution in [-0.4, -0.2) is 50.6 Å². The monoisotopic (exact) mass is 411 g/mol. The molecule has 2 aromatic heterocycles. The van der Waals surface area contributed by atoms with Crippen LogP contribution in [0.15, 0.2) is 47.4 Å². The summed E-state index contributed by atoms with van der Waals surface area (Å²) in [7, 11) is 0. The van der Waals surface area contributed by atoms with Gasteiger partial charge < -0.3 is 5.32 Å². The van der Waals surface area contributed by atoms with E-state index in [4.69, 9.17) is 0 Å². The van der Waals surface area contributed by atoms with Crippen LogP contribution in [0.3, 0.4) is 0 Å². The van der Waals surface area contributed by atoms with E-state index in [0.29, 0.717) is 29.4 Å². The van der Waals surface area contributed by atoms with Crippen molar-refractivity contribution in [2.45, 2.75) is 38.8 Å². The van der Waals surface area contributed by atoms with Gasteiger partial charge >= 0.3 is 5.69 Å².